The molecule has 148 valence electrons. The molecule has 0 radical (unpaired) electrons. The average molecular weight is 465 g/mol. The molecule has 0 fully saturated rings. The number of aromatic nitrogens is 4. The summed E-state index contributed by atoms with van der Waals surface area (Å²) in [5, 5.41) is 15.1. The molecule has 0 saturated carbocycles. The molecule has 0 aliphatic carbocycles. The van der Waals surface area contributed by atoms with Gasteiger partial charge in [-0.3, -0.25) is 4.79 Å². The molecule has 3 aromatic rings. The second-order valence-electron chi connectivity index (χ2n) is 6.22. The minimum Gasteiger partial charge on any atom is -0.360 e. The molecule has 2 heterocycles. The van der Waals surface area contributed by atoms with Gasteiger partial charge >= 0.3 is 0 Å². The third-order valence-corrected chi connectivity index (χ3v) is 5.93. The topological polar surface area (TPSA) is 112 Å². The van der Waals surface area contributed by atoms with Gasteiger partial charge in [-0.2, -0.15) is 0 Å². The van der Waals surface area contributed by atoms with Crippen molar-refractivity contribution in [3.8, 4) is 11.4 Å². The summed E-state index contributed by atoms with van der Waals surface area (Å²) in [5.41, 5.74) is 0.831. The van der Waals surface area contributed by atoms with E-state index >= 15 is 0 Å². The first kappa shape index (κ1) is 20.4. The Labute approximate surface area is 175 Å². The highest BCUT2D eigenvalue weighted by molar-refractivity contribution is 9.10. The van der Waals surface area contributed by atoms with Gasteiger partial charge in [0, 0.05) is 16.1 Å². The number of nitrogens with zero attached hydrogens (tertiary/aromatic N) is 4. The van der Waals surface area contributed by atoms with Gasteiger partial charge in [0.15, 0.2) is 11.6 Å². The fourth-order valence-corrected chi connectivity index (χ4v) is 4.03. The molecule has 0 spiro atoms. The van der Waals surface area contributed by atoms with Crippen LogP contribution in [0.15, 0.2) is 44.5 Å². The summed E-state index contributed by atoms with van der Waals surface area (Å²) in [7, 11) is 0. The Morgan fingerprint density at radius 1 is 1.39 bits per heavy atom. The van der Waals surface area contributed by atoms with E-state index in [-0.39, 0.29) is 11.2 Å². The first-order valence-corrected chi connectivity index (χ1v) is 10.5. The largest absolute Gasteiger partial charge is 0.360 e. The molecule has 10 heteroatoms. The van der Waals surface area contributed by atoms with Gasteiger partial charge in [-0.1, -0.05) is 64.7 Å². The van der Waals surface area contributed by atoms with Gasteiger partial charge in [0.05, 0.1) is 5.25 Å². The summed E-state index contributed by atoms with van der Waals surface area (Å²) in [6.07, 6.45) is 2.56. The summed E-state index contributed by atoms with van der Waals surface area (Å²) in [4.78, 5) is 12.8. The van der Waals surface area contributed by atoms with Crippen LogP contribution in [0.25, 0.3) is 11.4 Å². The Bertz CT molecular complexity index is 957. The van der Waals surface area contributed by atoms with Gasteiger partial charge < -0.3 is 15.7 Å². The van der Waals surface area contributed by atoms with Crippen LogP contribution in [-0.2, 0) is 4.79 Å². The number of carbonyl (C=O) groups excluding carboxylic acids is 1. The lowest BCUT2D eigenvalue weighted by atomic mass is 10.2. The normalized spacial score (nSPS) is 12.1. The SMILES string of the molecule is CCCCC(Sc1nnc(-c2ccccc2Br)n1N)C(=O)Nc1cc(C)on1. The zero-order chi connectivity index (χ0) is 20.1. The maximum absolute atomic E-state index is 12.8. The summed E-state index contributed by atoms with van der Waals surface area (Å²) in [6.45, 7) is 3.85. The van der Waals surface area contributed by atoms with Crippen molar-refractivity contribution in [2.24, 2.45) is 0 Å². The average Bonchev–Trinajstić information content (AvgIpc) is 3.24. The predicted octanol–water partition coefficient (Wildman–Crippen LogP) is 4.01. The number of benzene rings is 1. The number of aryl methyl sites for hydroxylation is 1. The molecule has 1 unspecified atom stereocenters. The van der Waals surface area contributed by atoms with Crippen LogP contribution >= 0.6 is 27.7 Å². The number of hydrogen-bond donors (Lipinski definition) is 2. The van der Waals surface area contributed by atoms with Crippen LogP contribution in [0.4, 0.5) is 5.82 Å². The van der Waals surface area contributed by atoms with Crippen molar-refractivity contribution in [2.45, 2.75) is 43.5 Å². The third-order valence-electron chi connectivity index (χ3n) is 4.02. The van der Waals surface area contributed by atoms with Crippen molar-refractivity contribution in [2.75, 3.05) is 11.2 Å². The highest BCUT2D eigenvalue weighted by Crippen LogP contribution is 2.31. The van der Waals surface area contributed by atoms with E-state index in [0.29, 0.717) is 29.0 Å². The van der Waals surface area contributed by atoms with Crippen molar-refractivity contribution >= 4 is 39.4 Å². The molecule has 0 saturated heterocycles. The fraction of sp³-hybridized carbons (Fsp3) is 0.333. The number of thioether (sulfide) groups is 1. The van der Waals surface area contributed by atoms with Crippen LogP contribution in [0.3, 0.4) is 0 Å². The van der Waals surface area contributed by atoms with Gasteiger partial charge in [-0.15, -0.1) is 10.2 Å². The Hall–Kier alpha value is -2.33. The second-order valence-corrected chi connectivity index (χ2v) is 8.24. The Morgan fingerprint density at radius 3 is 2.86 bits per heavy atom. The molecule has 3 rings (SSSR count). The quantitative estimate of drug-likeness (QED) is 0.382. The molecule has 1 atom stereocenters. The maximum Gasteiger partial charge on any atom is 0.239 e. The first-order valence-electron chi connectivity index (χ1n) is 8.85. The molecular weight excluding hydrogens is 444 g/mol. The molecule has 0 bridgehead atoms. The maximum atomic E-state index is 12.8. The van der Waals surface area contributed by atoms with Gasteiger partial charge in [0.2, 0.25) is 11.1 Å². The van der Waals surface area contributed by atoms with Crippen LogP contribution in [0, 0.1) is 6.92 Å². The molecule has 1 aromatic carbocycles. The van der Waals surface area contributed by atoms with Gasteiger partial charge in [-0.05, 0) is 25.5 Å². The molecule has 28 heavy (non-hydrogen) atoms. The number of nitrogen functional groups attached to an aromatic ring is 1. The zero-order valence-corrected chi connectivity index (χ0v) is 18.0. The minimum atomic E-state index is -0.379. The smallest absolute Gasteiger partial charge is 0.239 e. The van der Waals surface area contributed by atoms with E-state index in [0.717, 1.165) is 22.9 Å². The summed E-state index contributed by atoms with van der Waals surface area (Å²) in [6, 6.07) is 9.31. The van der Waals surface area contributed by atoms with E-state index in [9.17, 15) is 4.79 Å². The second kappa shape index (κ2) is 9.24. The van der Waals surface area contributed by atoms with Crippen LogP contribution in [-0.4, -0.2) is 31.2 Å². The molecule has 8 nitrogen and oxygen atoms in total. The number of nitrogens with one attached hydrogen (secondary N) is 1. The molecule has 3 N–H and O–H groups in total. The summed E-state index contributed by atoms with van der Waals surface area (Å²) in [5.74, 6) is 7.61. The highest BCUT2D eigenvalue weighted by atomic mass is 79.9. The number of rotatable bonds is 8. The molecule has 1 amide bonds. The lowest BCUT2D eigenvalue weighted by Gasteiger charge is -2.14. The molecule has 0 aliphatic rings. The summed E-state index contributed by atoms with van der Waals surface area (Å²) < 4.78 is 7.29. The molecule has 0 aliphatic heterocycles. The van der Waals surface area contributed by atoms with E-state index in [2.05, 4.69) is 43.5 Å². The van der Waals surface area contributed by atoms with E-state index in [1.165, 1.54) is 16.4 Å². The monoisotopic (exact) mass is 464 g/mol. The Morgan fingerprint density at radius 2 is 2.18 bits per heavy atom. The molecular formula is C18H21BrN6O2S. The van der Waals surface area contributed by atoms with E-state index in [4.69, 9.17) is 10.4 Å². The van der Waals surface area contributed by atoms with E-state index < -0.39 is 0 Å². The van der Waals surface area contributed by atoms with E-state index in [1.54, 1.807) is 13.0 Å². The first-order chi connectivity index (χ1) is 13.5. The number of hydrogen-bond acceptors (Lipinski definition) is 7. The third kappa shape index (κ3) is 4.74. The Balaban J connectivity index is 1.79. The van der Waals surface area contributed by atoms with Crippen molar-refractivity contribution in [1.82, 2.24) is 20.0 Å². The van der Waals surface area contributed by atoms with Crippen LogP contribution in [0.5, 0.6) is 0 Å². The number of anilines is 1. The van der Waals surface area contributed by atoms with Crippen molar-refractivity contribution in [3.05, 3.63) is 40.6 Å². The van der Waals surface area contributed by atoms with Crippen molar-refractivity contribution in [3.63, 3.8) is 0 Å². The lowest BCUT2D eigenvalue weighted by Crippen LogP contribution is -2.26. The number of unbranched alkanes of at least 4 members (excludes halogenated alkanes) is 1. The van der Waals surface area contributed by atoms with Gasteiger partial charge in [-0.25, -0.2) is 4.68 Å². The van der Waals surface area contributed by atoms with Crippen LogP contribution in [0.2, 0.25) is 0 Å². The van der Waals surface area contributed by atoms with E-state index in [1.807, 2.05) is 24.3 Å². The number of nitrogens with two attached hydrogens (primary N) is 1. The lowest BCUT2D eigenvalue weighted by molar-refractivity contribution is -0.115. The summed E-state index contributed by atoms with van der Waals surface area (Å²) >= 11 is 4.79. The predicted molar refractivity (Wildman–Crippen MR) is 112 cm³/mol. The van der Waals surface area contributed by atoms with Crippen molar-refractivity contribution in [1.29, 1.82) is 0 Å². The van der Waals surface area contributed by atoms with Crippen molar-refractivity contribution < 1.29 is 9.32 Å². The Kier molecular flexibility index (Phi) is 6.74. The minimum absolute atomic E-state index is 0.169. The molecule has 2 aromatic heterocycles. The number of amides is 1. The number of halogens is 1. The van der Waals surface area contributed by atoms with Crippen LogP contribution in [0.1, 0.15) is 31.9 Å². The highest BCUT2D eigenvalue weighted by Gasteiger charge is 2.24. The fourth-order valence-electron chi connectivity index (χ4n) is 2.58. The zero-order valence-electron chi connectivity index (χ0n) is 15.6. The standard InChI is InChI=1S/C18H21BrN6O2S/c1-3-4-9-14(17(26)21-15-10-11(2)27-24-15)28-18-23-22-16(25(18)20)12-7-5-6-8-13(12)19/h5-8,10,14H,3-4,9,20H2,1-2H3,(H,21,24,26). The van der Waals surface area contributed by atoms with Crippen LogP contribution < -0.4 is 11.2 Å². The van der Waals surface area contributed by atoms with Gasteiger partial charge in [0.25, 0.3) is 0 Å². The number of carbonyl (C=O) groups is 1. The van der Waals surface area contributed by atoms with Gasteiger partial charge in [0.1, 0.15) is 5.76 Å².